The highest BCUT2D eigenvalue weighted by Gasteiger charge is 2.54. The van der Waals surface area contributed by atoms with Crippen molar-refractivity contribution in [2.75, 3.05) is 26.9 Å². The number of methoxy groups -OCH3 is 1. The van der Waals surface area contributed by atoms with E-state index in [-0.39, 0.29) is 0 Å². The van der Waals surface area contributed by atoms with E-state index in [0.717, 1.165) is 6.92 Å². The van der Waals surface area contributed by atoms with Crippen molar-refractivity contribution in [1.29, 1.82) is 0 Å². The Morgan fingerprint density at radius 1 is 0.614 bits per heavy atom. The molecule has 0 aliphatic carbocycles. The van der Waals surface area contributed by atoms with Crippen molar-refractivity contribution < 1.29 is 73.4 Å². The molecule has 254 valence electrons. The number of carbonyl (C=O) groups excluding carboxylic acids is 3. The maximum Gasteiger partial charge on any atom is 0.217 e. The summed E-state index contributed by atoms with van der Waals surface area (Å²) in [4.78, 5) is 35.9. The minimum absolute atomic E-state index is 0.496. The molecule has 0 spiro atoms. The third-order valence-corrected chi connectivity index (χ3v) is 7.91. The zero-order valence-electron chi connectivity index (χ0n) is 25.1. The molecule has 9 N–H and O–H groups in total. The fraction of sp³-hybridized carbons (Fsp3) is 0.885. The number of hydrogen-bond donors (Lipinski definition) is 9. The van der Waals surface area contributed by atoms with Gasteiger partial charge in [0.2, 0.25) is 17.7 Å². The summed E-state index contributed by atoms with van der Waals surface area (Å²) in [5.74, 6) is -2.29. The number of aliphatic hydroxyl groups excluding tert-OH is 6. The molecule has 0 aromatic carbocycles. The molecule has 0 bridgehead atoms. The van der Waals surface area contributed by atoms with Crippen LogP contribution in [0.4, 0.5) is 0 Å². The van der Waals surface area contributed by atoms with Gasteiger partial charge in [-0.15, -0.1) is 0 Å². The average molecular weight is 640 g/mol. The largest absolute Gasteiger partial charge is 0.394 e. The van der Waals surface area contributed by atoms with Crippen LogP contribution in [0.25, 0.3) is 0 Å². The smallest absolute Gasteiger partial charge is 0.217 e. The molecule has 0 aromatic heterocycles. The van der Waals surface area contributed by atoms with E-state index in [1.807, 2.05) is 0 Å². The van der Waals surface area contributed by atoms with E-state index in [1.165, 1.54) is 21.0 Å². The van der Waals surface area contributed by atoms with E-state index >= 15 is 0 Å². The highest BCUT2D eigenvalue weighted by molar-refractivity contribution is 5.74. The van der Waals surface area contributed by atoms with Gasteiger partial charge >= 0.3 is 0 Å². The third kappa shape index (κ3) is 8.20. The third-order valence-electron chi connectivity index (χ3n) is 7.91. The molecule has 3 amide bonds. The summed E-state index contributed by atoms with van der Waals surface area (Å²) in [6.07, 6.45) is -15.0. The Morgan fingerprint density at radius 2 is 0.955 bits per heavy atom. The molecule has 0 radical (unpaired) electrons. The topological polar surface area (TPSA) is 264 Å². The van der Waals surface area contributed by atoms with Gasteiger partial charge in [-0.05, 0) is 0 Å². The lowest BCUT2D eigenvalue weighted by atomic mass is 9.89. The number of nitrogens with one attached hydrogen (secondary N) is 3. The number of rotatable bonds is 11. The van der Waals surface area contributed by atoms with E-state index in [2.05, 4.69) is 16.0 Å². The Bertz CT molecular complexity index is 977. The summed E-state index contributed by atoms with van der Waals surface area (Å²) in [5, 5.41) is 71.0. The van der Waals surface area contributed by atoms with E-state index in [1.54, 1.807) is 6.92 Å². The average Bonchev–Trinajstić information content (AvgIpc) is 2.97. The van der Waals surface area contributed by atoms with Crippen LogP contribution >= 0.6 is 0 Å². The Hall–Kier alpha value is -2.07. The molecule has 6 unspecified atom stereocenters. The van der Waals surface area contributed by atoms with Crippen molar-refractivity contribution in [2.45, 2.75) is 114 Å². The Balaban J connectivity index is 1.90. The lowest BCUT2D eigenvalue weighted by molar-refractivity contribution is -0.350. The van der Waals surface area contributed by atoms with E-state index < -0.39 is 129 Å². The zero-order valence-corrected chi connectivity index (χ0v) is 25.1. The first-order valence-corrected chi connectivity index (χ1v) is 14.3. The van der Waals surface area contributed by atoms with Crippen molar-refractivity contribution in [3.05, 3.63) is 0 Å². The quantitative estimate of drug-likeness (QED) is 0.102. The predicted molar refractivity (Wildman–Crippen MR) is 144 cm³/mol. The van der Waals surface area contributed by atoms with Gasteiger partial charge in [-0.2, -0.15) is 0 Å². The van der Waals surface area contributed by atoms with E-state index in [4.69, 9.17) is 28.4 Å². The van der Waals surface area contributed by atoms with Gasteiger partial charge in [0.1, 0.15) is 54.7 Å². The maximum atomic E-state index is 12.2. The van der Waals surface area contributed by atoms with Gasteiger partial charge in [-0.25, -0.2) is 0 Å². The fourth-order valence-electron chi connectivity index (χ4n) is 5.68. The highest BCUT2D eigenvalue weighted by atomic mass is 16.7. The SMILES string of the molecule is CO[C@@H]1O[C@@H](CO)[C@@H](O[C@@H]2OC(CO)[C@@H](O[C@@H]3O[C@@H](CO)[C@@H](C)C(O)C3NC(C)=O)[C@H](O)C2NC(C)=O)C(O)C1NC(C)=O. The van der Waals surface area contributed by atoms with Crippen LogP contribution in [-0.4, -0.2) is 161 Å². The molecule has 3 aliphatic heterocycles. The summed E-state index contributed by atoms with van der Waals surface area (Å²) >= 11 is 0. The van der Waals surface area contributed by atoms with E-state index in [9.17, 15) is 45.0 Å². The molecule has 3 saturated heterocycles. The molecule has 3 heterocycles. The van der Waals surface area contributed by atoms with Crippen molar-refractivity contribution in [3.63, 3.8) is 0 Å². The molecule has 3 rings (SSSR count). The molecule has 18 nitrogen and oxygen atoms in total. The van der Waals surface area contributed by atoms with Crippen molar-refractivity contribution in [2.24, 2.45) is 5.92 Å². The van der Waals surface area contributed by atoms with Gasteiger partial charge in [0.05, 0.1) is 32.0 Å². The second kappa shape index (κ2) is 16.0. The summed E-state index contributed by atoms with van der Waals surface area (Å²) in [5.41, 5.74) is 0. The monoisotopic (exact) mass is 639 g/mol. The van der Waals surface area contributed by atoms with Crippen LogP contribution in [0.3, 0.4) is 0 Å². The molecular formula is C26H45N3O15. The molecule has 18 heteroatoms. The van der Waals surface area contributed by atoms with E-state index in [0.29, 0.717) is 0 Å². The first-order chi connectivity index (χ1) is 20.8. The van der Waals surface area contributed by atoms with Crippen LogP contribution in [-0.2, 0) is 42.8 Å². The molecule has 15 atom stereocenters. The Morgan fingerprint density at radius 3 is 1.32 bits per heavy atom. The lowest BCUT2D eigenvalue weighted by Gasteiger charge is -2.50. The summed E-state index contributed by atoms with van der Waals surface area (Å²) in [6.45, 7) is 3.26. The lowest BCUT2D eigenvalue weighted by Crippen LogP contribution is -2.70. The van der Waals surface area contributed by atoms with Crippen LogP contribution in [0.15, 0.2) is 0 Å². The second-order valence-electron chi connectivity index (χ2n) is 11.1. The van der Waals surface area contributed by atoms with Crippen molar-refractivity contribution >= 4 is 17.7 Å². The zero-order chi connectivity index (χ0) is 32.9. The molecule has 3 fully saturated rings. The number of hydrogen-bond acceptors (Lipinski definition) is 15. The van der Waals surface area contributed by atoms with Crippen LogP contribution < -0.4 is 16.0 Å². The number of carbonyl (C=O) groups is 3. The number of ether oxygens (including phenoxy) is 6. The molecule has 3 aliphatic rings. The van der Waals surface area contributed by atoms with Gasteiger partial charge in [0, 0.05) is 33.8 Å². The van der Waals surface area contributed by atoms with Crippen LogP contribution in [0.1, 0.15) is 27.7 Å². The van der Waals surface area contributed by atoms with Gasteiger partial charge < -0.3 is 75.0 Å². The summed E-state index contributed by atoms with van der Waals surface area (Å²) in [7, 11) is 1.27. The summed E-state index contributed by atoms with van der Waals surface area (Å²) < 4.78 is 34.6. The predicted octanol–water partition coefficient (Wildman–Crippen LogP) is -5.21. The van der Waals surface area contributed by atoms with Crippen molar-refractivity contribution in [3.8, 4) is 0 Å². The first-order valence-electron chi connectivity index (χ1n) is 14.3. The first kappa shape index (κ1) is 36.4. The molecule has 44 heavy (non-hydrogen) atoms. The second-order valence-corrected chi connectivity index (χ2v) is 11.1. The van der Waals surface area contributed by atoms with Crippen LogP contribution in [0.2, 0.25) is 0 Å². The standard InChI is InChI=1S/C26H45N3O15/c1-9-13(6-30)40-25(16(19(9)36)27-10(2)33)43-23-15(8-32)42-26(18(21(23)38)29-12(4)35)44-22-14(7-31)41-24(39-5)17(20(22)37)28-11(3)34/h9,13-26,30-32,36-38H,6-8H2,1-5H3,(H,27,33)(H,28,34)(H,29,35)/t9-,13+,14+,15?,16?,17?,18?,19?,20?,21-,22-,23-,24-,25+,26+/m1/s1. The normalized spacial score (nSPS) is 42.8. The summed E-state index contributed by atoms with van der Waals surface area (Å²) in [6, 6.07) is -3.71. The Kier molecular flexibility index (Phi) is 13.2. The minimum Gasteiger partial charge on any atom is -0.394 e. The number of aliphatic hydroxyl groups is 6. The highest BCUT2D eigenvalue weighted by Crippen LogP contribution is 2.33. The minimum atomic E-state index is -1.69. The molecular weight excluding hydrogens is 594 g/mol. The maximum absolute atomic E-state index is 12.2. The van der Waals surface area contributed by atoms with Gasteiger partial charge in [-0.3, -0.25) is 14.4 Å². The molecule has 0 aromatic rings. The van der Waals surface area contributed by atoms with Crippen LogP contribution in [0.5, 0.6) is 0 Å². The van der Waals surface area contributed by atoms with Crippen molar-refractivity contribution in [1.82, 2.24) is 16.0 Å². The van der Waals surface area contributed by atoms with Gasteiger partial charge in [-0.1, -0.05) is 6.92 Å². The van der Waals surface area contributed by atoms with Gasteiger partial charge in [0.25, 0.3) is 0 Å². The fourth-order valence-corrected chi connectivity index (χ4v) is 5.68. The number of amides is 3. The van der Waals surface area contributed by atoms with Crippen LogP contribution in [0, 0.1) is 5.92 Å². The van der Waals surface area contributed by atoms with Gasteiger partial charge in [0.15, 0.2) is 18.9 Å². The Labute approximate surface area is 253 Å². The molecule has 0 saturated carbocycles.